The summed E-state index contributed by atoms with van der Waals surface area (Å²) in [5.74, 6) is 0.864. The Hall–Kier alpha value is -0.500. The summed E-state index contributed by atoms with van der Waals surface area (Å²) in [6, 6.07) is 0.145. The van der Waals surface area contributed by atoms with Crippen molar-refractivity contribution in [3.8, 4) is 0 Å². The average molecular weight is 141 g/mol. The molecule has 0 aromatic heterocycles. The van der Waals surface area contributed by atoms with Crippen LogP contribution >= 0.6 is 0 Å². The van der Waals surface area contributed by atoms with Crippen molar-refractivity contribution in [3.63, 3.8) is 0 Å². The molecule has 1 unspecified atom stereocenters. The zero-order chi connectivity index (χ0) is 7.56. The number of rotatable bonds is 3. The van der Waals surface area contributed by atoms with Gasteiger partial charge in [-0.3, -0.25) is 0 Å². The fraction of sp³-hybridized carbons (Fsp3) is 0.750. The molecule has 1 rings (SSSR count). The van der Waals surface area contributed by atoms with Gasteiger partial charge in [0.1, 0.15) is 0 Å². The Morgan fingerprint density at radius 3 is 2.60 bits per heavy atom. The smallest absolute Gasteiger partial charge is 0.0866 e. The Morgan fingerprint density at radius 1 is 1.70 bits per heavy atom. The third-order valence-corrected chi connectivity index (χ3v) is 2.23. The van der Waals surface area contributed by atoms with Gasteiger partial charge in [-0.15, -0.1) is 0 Å². The quantitative estimate of drug-likeness (QED) is 0.586. The van der Waals surface area contributed by atoms with E-state index in [-0.39, 0.29) is 11.8 Å². The molecule has 2 nitrogen and oxygen atoms in total. The average Bonchev–Trinajstić information content (AvgIpc) is 1.55. The van der Waals surface area contributed by atoms with E-state index in [1.807, 2.05) is 0 Å². The maximum absolute atomic E-state index is 8.82. The molecule has 2 heteroatoms. The third kappa shape index (κ3) is 1.74. The van der Waals surface area contributed by atoms with E-state index in [1.54, 1.807) is 0 Å². The van der Waals surface area contributed by atoms with Crippen LogP contribution in [-0.2, 0) is 0 Å². The molecule has 1 atom stereocenters. The largest absolute Gasteiger partial charge is 0.513 e. The fourth-order valence-electron chi connectivity index (χ4n) is 1.31. The molecule has 58 valence electrons. The minimum absolute atomic E-state index is 0.145. The van der Waals surface area contributed by atoms with E-state index >= 15 is 0 Å². The molecule has 0 aromatic rings. The molecule has 0 aliphatic heterocycles. The van der Waals surface area contributed by atoms with Gasteiger partial charge < -0.3 is 10.8 Å². The summed E-state index contributed by atoms with van der Waals surface area (Å²) < 4.78 is 0. The van der Waals surface area contributed by atoms with Gasteiger partial charge in [0.2, 0.25) is 0 Å². The van der Waals surface area contributed by atoms with E-state index in [9.17, 15) is 0 Å². The summed E-state index contributed by atoms with van der Waals surface area (Å²) in [5.41, 5.74) is 5.76. The highest BCUT2D eigenvalue weighted by Gasteiger charge is 2.24. The van der Waals surface area contributed by atoms with Crippen molar-refractivity contribution in [2.75, 3.05) is 0 Å². The van der Waals surface area contributed by atoms with Crippen molar-refractivity contribution < 1.29 is 5.11 Å². The molecule has 1 aliphatic carbocycles. The molecular weight excluding hydrogens is 126 g/mol. The predicted octanol–water partition coefficient (Wildman–Crippen LogP) is 1.58. The summed E-state index contributed by atoms with van der Waals surface area (Å²) in [7, 11) is 0. The van der Waals surface area contributed by atoms with E-state index in [2.05, 4.69) is 6.58 Å². The number of hydrogen-bond acceptors (Lipinski definition) is 2. The first-order chi connectivity index (χ1) is 4.70. The van der Waals surface area contributed by atoms with Crippen molar-refractivity contribution in [2.45, 2.75) is 31.7 Å². The van der Waals surface area contributed by atoms with Gasteiger partial charge in [0.25, 0.3) is 0 Å². The van der Waals surface area contributed by atoms with Crippen LogP contribution in [0.25, 0.3) is 0 Å². The molecule has 0 heterocycles. The number of nitrogens with two attached hydrogens (primary N) is 1. The Labute approximate surface area is 61.7 Å². The van der Waals surface area contributed by atoms with Gasteiger partial charge in [0, 0.05) is 12.5 Å². The first-order valence-electron chi connectivity index (χ1n) is 3.82. The summed E-state index contributed by atoms with van der Waals surface area (Å²) in [5, 5.41) is 8.82. The highest BCUT2D eigenvalue weighted by Crippen LogP contribution is 2.30. The molecule has 0 amide bonds. The second kappa shape index (κ2) is 3.06. The van der Waals surface area contributed by atoms with Crippen molar-refractivity contribution in [1.29, 1.82) is 0 Å². The molecule has 1 fully saturated rings. The Balaban J connectivity index is 2.19. The van der Waals surface area contributed by atoms with Gasteiger partial charge in [-0.05, 0) is 18.8 Å². The topological polar surface area (TPSA) is 46.2 Å². The molecule has 0 radical (unpaired) electrons. The third-order valence-electron chi connectivity index (χ3n) is 2.23. The van der Waals surface area contributed by atoms with Crippen LogP contribution in [0.5, 0.6) is 0 Å². The number of hydrogen-bond donors (Lipinski definition) is 2. The van der Waals surface area contributed by atoms with Crippen LogP contribution in [-0.4, -0.2) is 11.1 Å². The maximum Gasteiger partial charge on any atom is 0.0866 e. The molecule has 0 spiro atoms. The highest BCUT2D eigenvalue weighted by atomic mass is 16.3. The molecule has 10 heavy (non-hydrogen) atoms. The zero-order valence-electron chi connectivity index (χ0n) is 6.21. The van der Waals surface area contributed by atoms with Crippen LogP contribution in [0.2, 0.25) is 0 Å². The van der Waals surface area contributed by atoms with Gasteiger partial charge in [-0.1, -0.05) is 13.0 Å². The van der Waals surface area contributed by atoms with Crippen LogP contribution in [0.15, 0.2) is 12.3 Å². The van der Waals surface area contributed by atoms with Crippen LogP contribution in [0.1, 0.15) is 25.7 Å². The van der Waals surface area contributed by atoms with Gasteiger partial charge in [-0.2, -0.15) is 0 Å². The summed E-state index contributed by atoms with van der Waals surface area (Å²) >= 11 is 0. The summed E-state index contributed by atoms with van der Waals surface area (Å²) in [4.78, 5) is 0. The number of aliphatic hydroxyl groups excluding tert-OH is 1. The molecule has 0 bridgehead atoms. The lowest BCUT2D eigenvalue weighted by Gasteiger charge is -2.30. The summed E-state index contributed by atoms with van der Waals surface area (Å²) in [6.45, 7) is 3.41. The minimum atomic E-state index is 0.145. The molecular formula is C8H15NO. The van der Waals surface area contributed by atoms with Crippen LogP contribution < -0.4 is 5.73 Å². The van der Waals surface area contributed by atoms with Crippen LogP contribution in [0.4, 0.5) is 0 Å². The van der Waals surface area contributed by atoms with Gasteiger partial charge in [0.15, 0.2) is 0 Å². The van der Waals surface area contributed by atoms with E-state index in [4.69, 9.17) is 10.8 Å². The minimum Gasteiger partial charge on any atom is -0.513 e. The predicted molar refractivity (Wildman–Crippen MR) is 41.7 cm³/mol. The number of aliphatic hydroxyl groups is 1. The van der Waals surface area contributed by atoms with Crippen molar-refractivity contribution in [1.82, 2.24) is 0 Å². The second-order valence-electron chi connectivity index (χ2n) is 3.13. The standard InChI is InChI=1S/C8H15NO/c1-6(10)5-8(9)7-3-2-4-7/h7-8,10H,1-5,9H2. The molecule has 1 aliphatic rings. The van der Waals surface area contributed by atoms with Crippen molar-refractivity contribution >= 4 is 0 Å². The first kappa shape index (κ1) is 7.61. The van der Waals surface area contributed by atoms with Crippen LogP contribution in [0, 0.1) is 5.92 Å². The van der Waals surface area contributed by atoms with Crippen molar-refractivity contribution in [2.24, 2.45) is 11.7 Å². The summed E-state index contributed by atoms with van der Waals surface area (Å²) in [6.07, 6.45) is 4.34. The Kier molecular flexibility index (Phi) is 2.33. The van der Waals surface area contributed by atoms with Gasteiger partial charge in [-0.25, -0.2) is 0 Å². The molecule has 3 N–H and O–H groups in total. The van der Waals surface area contributed by atoms with E-state index in [1.165, 1.54) is 19.3 Å². The Bertz CT molecular complexity index is 129. The first-order valence-corrected chi connectivity index (χ1v) is 3.82. The highest BCUT2D eigenvalue weighted by molar-refractivity contribution is 4.90. The lowest BCUT2D eigenvalue weighted by atomic mass is 9.79. The lowest BCUT2D eigenvalue weighted by Crippen LogP contribution is -2.34. The Morgan fingerprint density at radius 2 is 2.30 bits per heavy atom. The zero-order valence-corrected chi connectivity index (χ0v) is 6.21. The van der Waals surface area contributed by atoms with Gasteiger partial charge >= 0.3 is 0 Å². The fourth-order valence-corrected chi connectivity index (χ4v) is 1.31. The van der Waals surface area contributed by atoms with Crippen LogP contribution in [0.3, 0.4) is 0 Å². The van der Waals surface area contributed by atoms with Gasteiger partial charge in [0.05, 0.1) is 5.76 Å². The van der Waals surface area contributed by atoms with E-state index in [0.29, 0.717) is 12.3 Å². The lowest BCUT2D eigenvalue weighted by molar-refractivity contribution is 0.242. The SMILES string of the molecule is C=C(O)CC(N)C1CCC1. The molecule has 1 saturated carbocycles. The van der Waals surface area contributed by atoms with Crippen molar-refractivity contribution in [3.05, 3.63) is 12.3 Å². The van der Waals surface area contributed by atoms with E-state index < -0.39 is 0 Å². The normalized spacial score (nSPS) is 21.7. The molecule has 0 saturated heterocycles. The maximum atomic E-state index is 8.82. The molecule has 0 aromatic carbocycles. The second-order valence-corrected chi connectivity index (χ2v) is 3.13. The monoisotopic (exact) mass is 141 g/mol. The van der Waals surface area contributed by atoms with E-state index in [0.717, 1.165) is 0 Å².